The van der Waals surface area contributed by atoms with Crippen molar-refractivity contribution < 1.29 is 26.0 Å². The van der Waals surface area contributed by atoms with Crippen molar-refractivity contribution in [2.45, 2.75) is 15.0 Å². The Labute approximate surface area is 178 Å². The highest BCUT2D eigenvalue weighted by Gasteiger charge is 2.45. The molecule has 0 fully saturated rings. The summed E-state index contributed by atoms with van der Waals surface area (Å²) >= 11 is 24.7. The first-order valence-corrected chi connectivity index (χ1v) is 10.1. The van der Waals surface area contributed by atoms with Gasteiger partial charge in [-0.15, -0.1) is 0 Å². The van der Waals surface area contributed by atoms with Crippen molar-refractivity contribution in [3.05, 3.63) is 44.1 Å². The number of nitriles is 1. The van der Waals surface area contributed by atoms with Crippen LogP contribution in [-0.4, -0.2) is 16.9 Å². The number of alkyl halides is 6. The van der Waals surface area contributed by atoms with E-state index < -0.39 is 46.0 Å². The number of sulfone groups is 1. The molecule has 2 rings (SSSR count). The van der Waals surface area contributed by atoms with E-state index in [1.54, 1.807) is 0 Å². The van der Waals surface area contributed by atoms with Gasteiger partial charge in [0.05, 0.1) is 21.3 Å². The van der Waals surface area contributed by atoms with Crippen LogP contribution in [0.3, 0.4) is 0 Å². The zero-order valence-corrected chi connectivity index (χ0v) is 17.7. The van der Waals surface area contributed by atoms with Crippen LogP contribution < -0.4 is 0 Å². The first kappa shape index (κ1) is 22.6. The summed E-state index contributed by atoms with van der Waals surface area (Å²) in [5.41, 5.74) is -2.04. The van der Waals surface area contributed by atoms with Gasteiger partial charge in [0, 0.05) is 6.20 Å². The van der Waals surface area contributed by atoms with E-state index in [1.807, 2.05) is 0 Å². The minimum atomic E-state index is -5.06. The van der Waals surface area contributed by atoms with E-state index in [0.717, 1.165) is 4.57 Å². The van der Waals surface area contributed by atoms with Crippen LogP contribution in [-0.2, 0) is 16.0 Å². The van der Waals surface area contributed by atoms with Crippen LogP contribution in [0.1, 0.15) is 11.1 Å². The summed E-state index contributed by atoms with van der Waals surface area (Å²) in [4.78, 5) is -0.920. The third-order valence-corrected chi connectivity index (χ3v) is 7.27. The molecule has 0 aliphatic heterocycles. The fourth-order valence-electron chi connectivity index (χ4n) is 2.01. The van der Waals surface area contributed by atoms with Gasteiger partial charge < -0.3 is 4.57 Å². The van der Waals surface area contributed by atoms with Crippen LogP contribution in [0.25, 0.3) is 5.69 Å². The van der Waals surface area contributed by atoms with Crippen LogP contribution in [0.5, 0.6) is 0 Å². The summed E-state index contributed by atoms with van der Waals surface area (Å²) in [5, 5.41) is 8.17. The van der Waals surface area contributed by atoms with Gasteiger partial charge >= 0.3 is 10.1 Å². The molecule has 4 nitrogen and oxygen atoms in total. The van der Waals surface area contributed by atoms with Crippen molar-refractivity contribution in [1.29, 1.82) is 5.26 Å². The van der Waals surface area contributed by atoms with Crippen molar-refractivity contribution in [3.8, 4) is 11.8 Å². The van der Waals surface area contributed by atoms with Gasteiger partial charge in [-0.25, -0.2) is 8.42 Å². The monoisotopic (exact) mass is 546 g/mol. The third kappa shape index (κ3) is 4.04. The molecule has 0 saturated heterocycles. The van der Waals surface area contributed by atoms with Crippen molar-refractivity contribution in [2.75, 3.05) is 0 Å². The molecule has 2 aromatic rings. The number of halogens is 9. The van der Waals surface area contributed by atoms with E-state index in [-0.39, 0.29) is 10.3 Å². The Kier molecular flexibility index (Phi) is 6.09. The standard InChI is InChI=1S/C13H3BrCl4F4N2O2S/c14-11-6(3-23)9(27(25,26)13(17,18)22)4-24(11)10-7(15)1-5(2-8(10)16)12(19,20)21/h1-2,4H. The van der Waals surface area contributed by atoms with E-state index >= 15 is 0 Å². The molecule has 146 valence electrons. The number of rotatable bonds is 3. The van der Waals surface area contributed by atoms with Gasteiger partial charge in [0.2, 0.25) is 9.84 Å². The molecule has 0 bridgehead atoms. The van der Waals surface area contributed by atoms with Gasteiger partial charge in [-0.1, -0.05) is 23.2 Å². The molecule has 14 heteroatoms. The Morgan fingerprint density at radius 1 is 1.11 bits per heavy atom. The minimum Gasteiger partial charge on any atom is -0.306 e. The minimum absolute atomic E-state index is 0.273. The molecule has 0 unspecified atom stereocenters. The van der Waals surface area contributed by atoms with E-state index in [2.05, 4.69) is 15.9 Å². The van der Waals surface area contributed by atoms with E-state index in [9.17, 15) is 31.2 Å². The van der Waals surface area contributed by atoms with Gasteiger partial charge in [-0.05, 0) is 51.3 Å². The van der Waals surface area contributed by atoms with E-state index in [1.165, 1.54) is 6.07 Å². The largest absolute Gasteiger partial charge is 0.416 e. The number of benzene rings is 1. The molecular formula is C13H3BrCl4F4N2O2S. The summed E-state index contributed by atoms with van der Waals surface area (Å²) in [6.45, 7) is 0. The smallest absolute Gasteiger partial charge is 0.306 e. The zero-order chi connectivity index (χ0) is 20.9. The first-order valence-electron chi connectivity index (χ1n) is 6.31. The predicted molar refractivity (Wildman–Crippen MR) is 95.9 cm³/mol. The lowest BCUT2D eigenvalue weighted by atomic mass is 10.2. The summed E-state index contributed by atoms with van der Waals surface area (Å²) < 4.78 is 73.3. The molecule has 0 spiro atoms. The lowest BCUT2D eigenvalue weighted by Gasteiger charge is -2.14. The highest BCUT2D eigenvalue weighted by molar-refractivity contribution is 9.10. The molecule has 1 aromatic carbocycles. The summed E-state index contributed by atoms with van der Waals surface area (Å²) in [6, 6.07) is 2.62. The van der Waals surface area contributed by atoms with Crippen LogP contribution in [0.15, 0.2) is 27.8 Å². The van der Waals surface area contributed by atoms with Crippen molar-refractivity contribution in [1.82, 2.24) is 4.57 Å². The van der Waals surface area contributed by atoms with Gasteiger partial charge in [0.1, 0.15) is 21.1 Å². The second-order valence-electron chi connectivity index (χ2n) is 4.88. The molecule has 1 aromatic heterocycles. The van der Waals surface area contributed by atoms with Gasteiger partial charge in [-0.3, -0.25) is 0 Å². The highest BCUT2D eigenvalue weighted by Crippen LogP contribution is 2.43. The predicted octanol–water partition coefficient (Wildman–Crippen LogP) is 6.27. The van der Waals surface area contributed by atoms with E-state index in [0.29, 0.717) is 18.3 Å². The van der Waals surface area contributed by atoms with Gasteiger partial charge in [0.25, 0.3) is 0 Å². The highest BCUT2D eigenvalue weighted by atomic mass is 79.9. The summed E-state index contributed by atoms with van der Waals surface area (Å²) in [7, 11) is -5.06. The summed E-state index contributed by atoms with van der Waals surface area (Å²) in [5.74, 6) is 0. The number of aromatic nitrogens is 1. The van der Waals surface area contributed by atoms with Crippen LogP contribution in [0.2, 0.25) is 10.0 Å². The second kappa shape index (κ2) is 7.28. The molecular weight excluding hydrogens is 546 g/mol. The molecule has 0 saturated carbocycles. The van der Waals surface area contributed by atoms with Crippen molar-refractivity contribution in [3.63, 3.8) is 0 Å². The number of nitrogens with zero attached hydrogens (tertiary/aromatic N) is 2. The lowest BCUT2D eigenvalue weighted by molar-refractivity contribution is -0.137. The van der Waals surface area contributed by atoms with Crippen LogP contribution in [0.4, 0.5) is 17.6 Å². The second-order valence-corrected chi connectivity index (χ2v) is 10.1. The van der Waals surface area contributed by atoms with Crippen molar-refractivity contribution >= 4 is 72.2 Å². The lowest BCUT2D eigenvalue weighted by Crippen LogP contribution is -2.21. The van der Waals surface area contributed by atoms with E-state index in [4.69, 9.17) is 46.4 Å². The third-order valence-electron chi connectivity index (χ3n) is 3.20. The molecule has 0 aliphatic rings. The molecule has 0 radical (unpaired) electrons. The summed E-state index contributed by atoms with van der Waals surface area (Å²) in [6.07, 6.45) is -4.03. The Balaban J connectivity index is 2.83. The molecule has 0 aliphatic carbocycles. The maximum atomic E-state index is 13.7. The average Bonchev–Trinajstić information content (AvgIpc) is 2.82. The number of hydrogen-bond donors (Lipinski definition) is 0. The fourth-order valence-corrected chi connectivity index (χ4v) is 4.80. The van der Waals surface area contributed by atoms with Gasteiger partial charge in [-0.2, -0.15) is 22.8 Å². The fraction of sp³-hybridized carbons (Fsp3) is 0.154. The first-order chi connectivity index (χ1) is 12.1. The Hall–Kier alpha value is -0.700. The maximum absolute atomic E-state index is 13.7. The molecule has 27 heavy (non-hydrogen) atoms. The Morgan fingerprint density at radius 2 is 1.59 bits per heavy atom. The average molecular weight is 549 g/mol. The molecule has 0 atom stereocenters. The van der Waals surface area contributed by atoms with Crippen molar-refractivity contribution in [2.24, 2.45) is 0 Å². The molecule has 0 amide bonds. The number of hydrogen-bond acceptors (Lipinski definition) is 3. The van der Waals surface area contributed by atoms with Gasteiger partial charge in [0.15, 0.2) is 0 Å². The molecule has 1 heterocycles. The Morgan fingerprint density at radius 3 is 1.96 bits per heavy atom. The quantitative estimate of drug-likeness (QED) is 0.335. The normalized spacial score (nSPS) is 12.9. The topological polar surface area (TPSA) is 62.9 Å². The van der Waals surface area contributed by atoms with Crippen LogP contribution in [0, 0.1) is 11.3 Å². The SMILES string of the molecule is N#Cc1c(S(=O)(=O)C(F)(Cl)Cl)cn(-c2c(Cl)cc(C(F)(F)F)cc2Cl)c1Br. The zero-order valence-electron chi connectivity index (χ0n) is 12.3. The maximum Gasteiger partial charge on any atom is 0.416 e. The molecule has 0 N–H and O–H groups in total. The Bertz CT molecular complexity index is 1050. The van der Waals surface area contributed by atoms with Crippen LogP contribution >= 0.6 is 62.3 Å².